The van der Waals surface area contributed by atoms with Crippen molar-refractivity contribution >= 4 is 34.7 Å². The molecule has 1 aliphatic rings. The molecule has 4 rings (SSSR count). The first kappa shape index (κ1) is 24.4. The van der Waals surface area contributed by atoms with E-state index in [2.05, 4.69) is 10.5 Å². The molecule has 0 radical (unpaired) electrons. The van der Waals surface area contributed by atoms with Crippen molar-refractivity contribution in [1.82, 2.24) is 20.4 Å². The number of halogens is 1. The first-order valence-corrected chi connectivity index (χ1v) is 12.8. The van der Waals surface area contributed by atoms with Crippen molar-refractivity contribution in [2.45, 2.75) is 31.2 Å². The van der Waals surface area contributed by atoms with Crippen molar-refractivity contribution in [3.05, 3.63) is 71.5 Å². The number of nitrogens with zero attached hydrogens (tertiary/aromatic N) is 3. The Balaban J connectivity index is 1.72. The Labute approximate surface area is 208 Å². The normalized spacial score (nSPS) is 16.2. The van der Waals surface area contributed by atoms with Gasteiger partial charge in [0.25, 0.3) is 5.89 Å². The zero-order chi connectivity index (χ0) is 24.1. The highest BCUT2D eigenvalue weighted by molar-refractivity contribution is 7.98. The lowest BCUT2D eigenvalue weighted by atomic mass is 9.94. The molecule has 0 amide bonds. The van der Waals surface area contributed by atoms with Gasteiger partial charge < -0.3 is 19.5 Å². The fourth-order valence-corrected chi connectivity index (χ4v) is 4.68. The number of ether oxygens (including phenoxy) is 1. The highest BCUT2D eigenvalue weighted by Crippen LogP contribution is 2.37. The number of allylic oxidation sites excluding steroid dienone is 1. The number of hydrogen-bond donors (Lipinski definition) is 1. The maximum absolute atomic E-state index is 14.1. The molecular weight excluding hydrogens is 471 g/mol. The molecule has 2 heterocycles. The molecule has 0 spiro atoms. The second-order valence-electron chi connectivity index (χ2n) is 7.79. The van der Waals surface area contributed by atoms with E-state index >= 15 is 0 Å². The van der Waals surface area contributed by atoms with Gasteiger partial charge in [-0.3, -0.25) is 0 Å². The summed E-state index contributed by atoms with van der Waals surface area (Å²) in [7, 11) is 0. The fraction of sp³-hybridized carbons (Fsp3) is 0.320. The second-order valence-corrected chi connectivity index (χ2v) is 9.06. The highest BCUT2D eigenvalue weighted by Gasteiger charge is 2.34. The average molecular weight is 499 g/mol. The van der Waals surface area contributed by atoms with E-state index < -0.39 is 6.04 Å². The summed E-state index contributed by atoms with van der Waals surface area (Å²) >= 11 is 7.35. The zero-order valence-electron chi connectivity index (χ0n) is 19.4. The van der Waals surface area contributed by atoms with Gasteiger partial charge in [0.05, 0.1) is 11.6 Å². The average Bonchev–Trinajstić information content (AvgIpc) is 3.33. The third-order valence-electron chi connectivity index (χ3n) is 5.66. The molecule has 1 aromatic heterocycles. The van der Waals surface area contributed by atoms with Gasteiger partial charge in [0.1, 0.15) is 5.82 Å². The number of thiocarbonyl (C=S) groups is 1. The van der Waals surface area contributed by atoms with Gasteiger partial charge in [-0.2, -0.15) is 4.98 Å². The van der Waals surface area contributed by atoms with Crippen LogP contribution in [0.4, 0.5) is 4.39 Å². The molecular formula is C25H27FN4O2S2. The lowest BCUT2D eigenvalue weighted by molar-refractivity contribution is 0.141. The van der Waals surface area contributed by atoms with Crippen LogP contribution in [0.25, 0.3) is 17.0 Å². The van der Waals surface area contributed by atoms with Crippen molar-refractivity contribution in [1.29, 1.82) is 0 Å². The number of benzene rings is 2. The summed E-state index contributed by atoms with van der Waals surface area (Å²) < 4.78 is 25.3. The van der Waals surface area contributed by atoms with Gasteiger partial charge in [0, 0.05) is 35.9 Å². The van der Waals surface area contributed by atoms with Gasteiger partial charge in [-0.1, -0.05) is 17.3 Å². The molecule has 0 aliphatic carbocycles. The molecule has 1 N–H and O–H groups in total. The molecule has 178 valence electrons. The van der Waals surface area contributed by atoms with Gasteiger partial charge in [-0.25, -0.2) is 4.39 Å². The van der Waals surface area contributed by atoms with Crippen LogP contribution in [-0.4, -0.2) is 46.2 Å². The Morgan fingerprint density at radius 3 is 2.74 bits per heavy atom. The maximum atomic E-state index is 14.1. The third-order valence-corrected chi connectivity index (χ3v) is 6.74. The van der Waals surface area contributed by atoms with Crippen LogP contribution in [0.3, 0.4) is 0 Å². The van der Waals surface area contributed by atoms with E-state index in [0.717, 1.165) is 33.7 Å². The molecule has 1 unspecified atom stereocenters. The predicted molar refractivity (Wildman–Crippen MR) is 137 cm³/mol. The van der Waals surface area contributed by atoms with E-state index in [1.807, 2.05) is 55.3 Å². The van der Waals surface area contributed by atoms with Crippen LogP contribution in [0.15, 0.2) is 63.6 Å². The fourth-order valence-electron chi connectivity index (χ4n) is 3.92. The minimum absolute atomic E-state index is 0.318. The molecule has 9 heteroatoms. The van der Waals surface area contributed by atoms with Gasteiger partial charge in [0.2, 0.25) is 5.82 Å². The van der Waals surface area contributed by atoms with Gasteiger partial charge in [-0.15, -0.1) is 11.8 Å². The second kappa shape index (κ2) is 11.1. The molecule has 3 aromatic rings. The largest absolute Gasteiger partial charge is 0.382 e. The van der Waals surface area contributed by atoms with E-state index in [1.54, 1.807) is 17.8 Å². The van der Waals surface area contributed by atoms with E-state index in [4.69, 9.17) is 26.5 Å². The van der Waals surface area contributed by atoms with Crippen molar-refractivity contribution in [3.8, 4) is 11.4 Å². The minimum atomic E-state index is -0.418. The summed E-state index contributed by atoms with van der Waals surface area (Å²) in [6, 6.07) is 14.0. The summed E-state index contributed by atoms with van der Waals surface area (Å²) in [4.78, 5) is 7.87. The summed E-state index contributed by atoms with van der Waals surface area (Å²) in [6.45, 7) is 5.94. The van der Waals surface area contributed by atoms with Crippen LogP contribution >= 0.6 is 24.0 Å². The van der Waals surface area contributed by atoms with Crippen molar-refractivity contribution < 1.29 is 13.7 Å². The highest BCUT2D eigenvalue weighted by atomic mass is 32.2. The molecule has 1 aliphatic heterocycles. The van der Waals surface area contributed by atoms with Crippen LogP contribution < -0.4 is 5.32 Å². The van der Waals surface area contributed by atoms with Crippen molar-refractivity contribution in [3.63, 3.8) is 0 Å². The van der Waals surface area contributed by atoms with E-state index in [0.29, 0.717) is 36.6 Å². The molecule has 0 saturated heterocycles. The lowest BCUT2D eigenvalue weighted by Gasteiger charge is -2.37. The van der Waals surface area contributed by atoms with Gasteiger partial charge in [0.15, 0.2) is 5.11 Å². The zero-order valence-corrected chi connectivity index (χ0v) is 21.0. The molecule has 0 fully saturated rings. The van der Waals surface area contributed by atoms with E-state index in [9.17, 15) is 4.39 Å². The number of hydrogen-bond acceptors (Lipinski definition) is 6. The molecule has 2 aromatic carbocycles. The first-order chi connectivity index (χ1) is 16.5. The quantitative estimate of drug-likeness (QED) is 0.229. The Bertz CT molecular complexity index is 1180. The Morgan fingerprint density at radius 2 is 2.03 bits per heavy atom. The number of rotatable bonds is 9. The van der Waals surface area contributed by atoms with Gasteiger partial charge in [-0.05, 0) is 80.7 Å². The maximum Gasteiger partial charge on any atom is 0.258 e. The lowest BCUT2D eigenvalue weighted by Crippen LogP contribution is -2.46. The minimum Gasteiger partial charge on any atom is -0.382 e. The summed E-state index contributed by atoms with van der Waals surface area (Å²) in [5.74, 6) is 0.555. The van der Waals surface area contributed by atoms with Crippen LogP contribution in [0, 0.1) is 5.82 Å². The summed E-state index contributed by atoms with van der Waals surface area (Å²) in [5, 5.41) is 8.15. The molecule has 6 nitrogen and oxygen atoms in total. The van der Waals surface area contributed by atoms with E-state index in [-0.39, 0.29) is 5.82 Å². The molecule has 34 heavy (non-hydrogen) atoms. The van der Waals surface area contributed by atoms with Crippen LogP contribution in [0.5, 0.6) is 0 Å². The first-order valence-electron chi connectivity index (χ1n) is 11.1. The van der Waals surface area contributed by atoms with Crippen molar-refractivity contribution in [2.24, 2.45) is 0 Å². The Morgan fingerprint density at radius 1 is 1.24 bits per heavy atom. The SMILES string of the molecule is CCOCCCN1C(=S)NC(c2cccc(F)c2)C(c2nc(-c3ccc(SC)cc3)no2)=C1C. The summed E-state index contributed by atoms with van der Waals surface area (Å²) in [6.07, 6.45) is 2.84. The number of aromatic nitrogens is 2. The third kappa shape index (κ3) is 5.32. The molecule has 0 bridgehead atoms. The topological polar surface area (TPSA) is 63.4 Å². The van der Waals surface area contributed by atoms with Crippen LogP contribution in [-0.2, 0) is 4.74 Å². The molecule has 0 saturated carbocycles. The Hall–Kier alpha value is -2.75. The van der Waals surface area contributed by atoms with E-state index in [1.165, 1.54) is 12.1 Å². The standard InChI is InChI=1S/C25H27FN4O2S2/c1-4-31-14-6-13-30-16(2)21(22(27-25(30)33)18-7-5-8-19(26)15-18)24-28-23(29-32-24)17-9-11-20(34-3)12-10-17/h5,7-12,15,22H,4,6,13-14H2,1-3H3,(H,27,33). The summed E-state index contributed by atoms with van der Waals surface area (Å²) in [5.41, 5.74) is 3.26. The van der Waals surface area contributed by atoms with Crippen LogP contribution in [0.1, 0.15) is 37.8 Å². The predicted octanol–water partition coefficient (Wildman–Crippen LogP) is 5.69. The van der Waals surface area contributed by atoms with Crippen molar-refractivity contribution in [2.75, 3.05) is 26.0 Å². The number of nitrogens with one attached hydrogen (secondary N) is 1. The molecule has 1 atom stereocenters. The monoisotopic (exact) mass is 498 g/mol. The number of thioether (sulfide) groups is 1. The Kier molecular flexibility index (Phi) is 7.97. The van der Waals surface area contributed by atoms with Gasteiger partial charge >= 0.3 is 0 Å². The smallest absolute Gasteiger partial charge is 0.258 e. The van der Waals surface area contributed by atoms with Crippen LogP contribution in [0.2, 0.25) is 0 Å².